The Morgan fingerprint density at radius 1 is 1.00 bits per heavy atom. The minimum Gasteiger partial charge on any atom is -0.356 e. The van der Waals surface area contributed by atoms with Gasteiger partial charge in [0, 0.05) is 35.9 Å². The number of hydrogen-bond donors (Lipinski definition) is 0. The maximum Gasteiger partial charge on any atom is 0.223 e. The summed E-state index contributed by atoms with van der Waals surface area (Å²) in [6.07, 6.45) is 7.65. The molecule has 4 aromatic rings. The Kier molecular flexibility index (Phi) is 8.01. The van der Waals surface area contributed by atoms with Gasteiger partial charge < -0.3 is 9.42 Å². The number of hydrogen-bond acceptors (Lipinski definition) is 5. The van der Waals surface area contributed by atoms with Crippen LogP contribution in [0.3, 0.4) is 0 Å². The first-order valence-corrected chi connectivity index (χ1v) is 13.4. The number of amides is 1. The molecule has 0 atom stereocenters. The van der Waals surface area contributed by atoms with Gasteiger partial charge in [0.1, 0.15) is 5.01 Å². The van der Waals surface area contributed by atoms with Crippen LogP contribution in [0.25, 0.3) is 21.5 Å². The number of benzene rings is 2. The van der Waals surface area contributed by atoms with E-state index in [9.17, 15) is 4.79 Å². The molecule has 0 N–H and O–H groups in total. The lowest BCUT2D eigenvalue weighted by atomic mass is 10.0. The van der Waals surface area contributed by atoms with Gasteiger partial charge in [-0.25, -0.2) is 4.98 Å². The Hall–Kier alpha value is -2.99. The molecule has 5 nitrogen and oxygen atoms in total. The van der Waals surface area contributed by atoms with Crippen LogP contribution in [0.2, 0.25) is 0 Å². The molecule has 0 aliphatic rings. The van der Waals surface area contributed by atoms with E-state index in [0.29, 0.717) is 0 Å². The van der Waals surface area contributed by atoms with Crippen molar-refractivity contribution in [2.45, 2.75) is 72.6 Å². The van der Waals surface area contributed by atoms with Crippen LogP contribution >= 0.6 is 11.3 Å². The van der Waals surface area contributed by atoms with Crippen molar-refractivity contribution >= 4 is 33.9 Å². The van der Waals surface area contributed by atoms with Gasteiger partial charge in [-0.15, -0.1) is 11.3 Å². The molecule has 1 amide bonds. The van der Waals surface area contributed by atoms with Gasteiger partial charge in [-0.2, -0.15) is 0 Å². The Morgan fingerprint density at radius 3 is 2.49 bits per heavy atom. The largest absolute Gasteiger partial charge is 0.356 e. The summed E-state index contributed by atoms with van der Waals surface area (Å²) in [7, 11) is 1.78. The van der Waals surface area contributed by atoms with Crippen LogP contribution < -0.4 is 4.90 Å². The predicted octanol–water partition coefficient (Wildman–Crippen LogP) is 7.46. The predicted molar refractivity (Wildman–Crippen MR) is 145 cm³/mol. The van der Waals surface area contributed by atoms with Gasteiger partial charge >= 0.3 is 0 Å². The van der Waals surface area contributed by atoms with Crippen molar-refractivity contribution < 1.29 is 9.32 Å². The Morgan fingerprint density at radius 2 is 1.77 bits per heavy atom. The van der Waals surface area contributed by atoms with Crippen LogP contribution in [0.1, 0.15) is 66.9 Å². The molecule has 184 valence electrons. The van der Waals surface area contributed by atoms with E-state index in [0.717, 1.165) is 52.2 Å². The second-order valence-corrected chi connectivity index (χ2v) is 10.5. The molecule has 0 bridgehead atoms. The zero-order valence-corrected chi connectivity index (χ0v) is 22.3. The van der Waals surface area contributed by atoms with Crippen molar-refractivity contribution in [3.05, 3.63) is 63.8 Å². The average molecular weight is 490 g/mol. The summed E-state index contributed by atoms with van der Waals surface area (Å²) in [5.41, 5.74) is 7.25. The second kappa shape index (κ2) is 11.2. The van der Waals surface area contributed by atoms with Crippen LogP contribution in [0.4, 0.5) is 5.69 Å². The van der Waals surface area contributed by atoms with Crippen molar-refractivity contribution in [1.82, 2.24) is 10.1 Å². The summed E-state index contributed by atoms with van der Waals surface area (Å²) in [5, 5.41) is 6.52. The van der Waals surface area contributed by atoms with E-state index in [1.54, 1.807) is 18.9 Å². The van der Waals surface area contributed by atoms with Crippen LogP contribution in [0, 0.1) is 13.8 Å². The fraction of sp³-hybridized carbons (Fsp3) is 0.414. The Bertz CT molecular complexity index is 1300. The Balaban J connectivity index is 1.57. The first kappa shape index (κ1) is 25.1. The highest BCUT2D eigenvalue weighted by Gasteiger charge is 2.17. The molecule has 0 spiro atoms. The molecule has 0 fully saturated rings. The van der Waals surface area contributed by atoms with Gasteiger partial charge in [0.15, 0.2) is 5.58 Å². The third kappa shape index (κ3) is 5.81. The SMILES string of the molecule is CCCCCCc1nc(-c2ccc(C)cc2)sc1CCc1noc2cc(N(C)C(C)=O)c(C)cc12. The van der Waals surface area contributed by atoms with E-state index in [1.165, 1.54) is 47.4 Å². The third-order valence-corrected chi connectivity index (χ3v) is 7.84. The molecule has 0 radical (unpaired) electrons. The average Bonchev–Trinajstić information content (AvgIpc) is 3.43. The lowest BCUT2D eigenvalue weighted by Gasteiger charge is -2.17. The summed E-state index contributed by atoms with van der Waals surface area (Å²) in [5.74, 6) is -0.00627. The lowest BCUT2D eigenvalue weighted by Crippen LogP contribution is -2.23. The molecule has 6 heteroatoms. The first-order chi connectivity index (χ1) is 16.9. The second-order valence-electron chi connectivity index (χ2n) is 9.41. The van der Waals surface area contributed by atoms with Crippen LogP contribution in [0.5, 0.6) is 0 Å². The summed E-state index contributed by atoms with van der Waals surface area (Å²) in [6, 6.07) is 12.7. The summed E-state index contributed by atoms with van der Waals surface area (Å²) < 4.78 is 5.67. The zero-order chi connectivity index (χ0) is 24.9. The molecule has 4 rings (SSSR count). The maximum absolute atomic E-state index is 11.8. The molecule has 0 aliphatic carbocycles. The number of unbranched alkanes of at least 4 members (excludes halogenated alkanes) is 3. The maximum atomic E-state index is 11.8. The van der Waals surface area contributed by atoms with Crippen molar-refractivity contribution in [1.29, 1.82) is 0 Å². The minimum atomic E-state index is -0.00627. The van der Waals surface area contributed by atoms with E-state index in [4.69, 9.17) is 9.51 Å². The highest BCUT2D eigenvalue weighted by Crippen LogP contribution is 2.32. The smallest absolute Gasteiger partial charge is 0.223 e. The number of thiazole rings is 1. The molecule has 35 heavy (non-hydrogen) atoms. The molecule has 0 saturated carbocycles. The lowest BCUT2D eigenvalue weighted by molar-refractivity contribution is -0.116. The highest BCUT2D eigenvalue weighted by molar-refractivity contribution is 7.15. The topological polar surface area (TPSA) is 59.2 Å². The van der Waals surface area contributed by atoms with Gasteiger partial charge in [0.25, 0.3) is 0 Å². The van der Waals surface area contributed by atoms with Crippen LogP contribution in [-0.2, 0) is 24.1 Å². The third-order valence-electron chi connectivity index (χ3n) is 6.63. The summed E-state index contributed by atoms with van der Waals surface area (Å²) in [4.78, 5) is 19.9. The van der Waals surface area contributed by atoms with Crippen LogP contribution in [0.15, 0.2) is 40.9 Å². The standard InChI is InChI=1S/C29H35N3O2S/c1-6-7-8-9-10-25-28(35-29(30-25)22-13-11-19(2)12-14-22)16-15-24-23-17-20(3)26(32(5)21(4)33)18-27(23)34-31-24/h11-14,17-18H,6-10,15-16H2,1-5H3. The van der Waals surface area contributed by atoms with Gasteiger partial charge in [-0.3, -0.25) is 4.79 Å². The molecule has 2 heterocycles. The minimum absolute atomic E-state index is 0.00627. The molecule has 2 aromatic carbocycles. The highest BCUT2D eigenvalue weighted by atomic mass is 32.1. The van der Waals surface area contributed by atoms with Crippen molar-refractivity contribution in [2.75, 3.05) is 11.9 Å². The first-order valence-electron chi connectivity index (χ1n) is 12.6. The zero-order valence-electron chi connectivity index (χ0n) is 21.5. The number of fused-ring (bicyclic) bond motifs is 1. The fourth-order valence-electron chi connectivity index (χ4n) is 4.39. The number of carbonyl (C=O) groups is 1. The van der Waals surface area contributed by atoms with Gasteiger partial charge in [-0.05, 0) is 51.2 Å². The summed E-state index contributed by atoms with van der Waals surface area (Å²) in [6.45, 7) is 7.95. The summed E-state index contributed by atoms with van der Waals surface area (Å²) >= 11 is 1.81. The Labute approximate surface area is 212 Å². The van der Waals surface area contributed by atoms with Crippen molar-refractivity contribution in [3.63, 3.8) is 0 Å². The number of anilines is 1. The van der Waals surface area contributed by atoms with Gasteiger partial charge in [0.2, 0.25) is 5.91 Å². The monoisotopic (exact) mass is 489 g/mol. The van der Waals surface area contributed by atoms with Gasteiger partial charge in [0.05, 0.1) is 17.1 Å². The molecule has 0 saturated heterocycles. The quantitative estimate of drug-likeness (QED) is 0.217. The number of rotatable bonds is 10. The van der Waals surface area contributed by atoms with Crippen LogP contribution in [-0.4, -0.2) is 23.1 Å². The molecule has 0 aliphatic heterocycles. The van der Waals surface area contributed by atoms with Crippen molar-refractivity contribution in [3.8, 4) is 10.6 Å². The van der Waals surface area contributed by atoms with E-state index < -0.39 is 0 Å². The van der Waals surface area contributed by atoms with Gasteiger partial charge in [-0.1, -0.05) is 61.2 Å². The fourth-order valence-corrected chi connectivity index (χ4v) is 5.50. The molecule has 2 aromatic heterocycles. The van der Waals surface area contributed by atoms with E-state index in [1.807, 2.05) is 24.3 Å². The molecular weight excluding hydrogens is 454 g/mol. The van der Waals surface area contributed by atoms with Crippen molar-refractivity contribution in [2.24, 2.45) is 0 Å². The van der Waals surface area contributed by atoms with E-state index in [-0.39, 0.29) is 5.91 Å². The number of aryl methyl sites for hydroxylation is 5. The van der Waals surface area contributed by atoms with E-state index in [2.05, 4.69) is 49.3 Å². The number of nitrogens with zero attached hydrogens (tertiary/aromatic N) is 3. The number of aromatic nitrogens is 2. The normalized spacial score (nSPS) is 11.3. The number of carbonyl (C=O) groups excluding carboxylic acids is 1. The molecule has 0 unspecified atom stereocenters. The van der Waals surface area contributed by atoms with E-state index >= 15 is 0 Å². The molecular formula is C29H35N3O2S.